The van der Waals surface area contributed by atoms with Gasteiger partial charge in [-0.05, 0) is 30.7 Å². The number of thiophene rings is 1. The fourth-order valence-electron chi connectivity index (χ4n) is 1.79. The Morgan fingerprint density at radius 1 is 1.24 bits per heavy atom. The van der Waals surface area contributed by atoms with Gasteiger partial charge in [-0.15, -0.1) is 11.3 Å². The van der Waals surface area contributed by atoms with Gasteiger partial charge in [-0.25, -0.2) is 4.79 Å². The lowest BCUT2D eigenvalue weighted by Crippen LogP contribution is -2.14. The number of benzene rings is 1. The first-order valence-corrected chi connectivity index (χ1v) is 7.45. The van der Waals surface area contributed by atoms with Crippen molar-refractivity contribution >= 4 is 52.1 Å². The normalized spacial score (nSPS) is 10.3. The van der Waals surface area contributed by atoms with Crippen LogP contribution in [-0.4, -0.2) is 19.0 Å². The fraction of sp³-hybridized carbons (Fsp3) is 0.143. The number of rotatable bonds is 3. The second kappa shape index (κ2) is 6.47. The molecule has 2 rings (SSSR count). The monoisotopic (exact) mass is 343 g/mol. The first-order chi connectivity index (χ1) is 9.93. The number of nitrogens with one attached hydrogen (secondary N) is 1. The van der Waals surface area contributed by atoms with Crippen molar-refractivity contribution in [1.82, 2.24) is 0 Å². The van der Waals surface area contributed by atoms with Crippen LogP contribution in [0.5, 0.6) is 0 Å². The van der Waals surface area contributed by atoms with E-state index in [0.717, 1.165) is 11.3 Å². The Hall–Kier alpha value is -1.56. The van der Waals surface area contributed by atoms with E-state index in [-0.39, 0.29) is 5.91 Å². The summed E-state index contributed by atoms with van der Waals surface area (Å²) < 4.78 is 5.45. The second-order valence-electron chi connectivity index (χ2n) is 4.16. The minimum absolute atomic E-state index is 0.300. The van der Waals surface area contributed by atoms with Crippen molar-refractivity contribution < 1.29 is 14.3 Å². The highest BCUT2D eigenvalue weighted by Crippen LogP contribution is 2.32. The Kier molecular flexibility index (Phi) is 4.88. The molecule has 0 unspecified atom stereocenters. The maximum absolute atomic E-state index is 12.2. The minimum Gasteiger partial charge on any atom is -0.465 e. The van der Waals surface area contributed by atoms with Gasteiger partial charge in [0.15, 0.2) is 0 Å². The molecule has 1 aromatic carbocycles. The summed E-state index contributed by atoms with van der Waals surface area (Å²) in [6.07, 6.45) is 0. The van der Waals surface area contributed by atoms with Crippen LogP contribution in [0.2, 0.25) is 8.67 Å². The van der Waals surface area contributed by atoms with Gasteiger partial charge in [0, 0.05) is 5.69 Å². The van der Waals surface area contributed by atoms with Gasteiger partial charge in [0.1, 0.15) is 4.34 Å². The van der Waals surface area contributed by atoms with E-state index in [9.17, 15) is 9.59 Å². The first kappa shape index (κ1) is 15.8. The zero-order valence-electron chi connectivity index (χ0n) is 11.2. The molecule has 0 aliphatic carbocycles. The molecule has 2 aromatic rings. The molecule has 1 N–H and O–H groups in total. The highest BCUT2D eigenvalue weighted by Gasteiger charge is 2.17. The van der Waals surface area contributed by atoms with Gasteiger partial charge >= 0.3 is 5.97 Å². The van der Waals surface area contributed by atoms with E-state index in [1.54, 1.807) is 25.1 Å². The largest absolute Gasteiger partial charge is 0.465 e. The Bertz CT molecular complexity index is 712. The molecule has 0 bridgehead atoms. The Labute approximate surface area is 135 Å². The smallest absolute Gasteiger partial charge is 0.338 e. The fourth-order valence-corrected chi connectivity index (χ4v) is 3.25. The predicted octanol–water partition coefficient (Wildman–Crippen LogP) is 4.40. The van der Waals surface area contributed by atoms with E-state index < -0.39 is 5.97 Å². The van der Waals surface area contributed by atoms with Crippen molar-refractivity contribution in [2.75, 3.05) is 12.4 Å². The van der Waals surface area contributed by atoms with E-state index in [0.29, 0.717) is 31.1 Å². The molecule has 0 radical (unpaired) electrons. The van der Waals surface area contributed by atoms with Gasteiger partial charge in [0.05, 0.1) is 22.6 Å². The van der Waals surface area contributed by atoms with Gasteiger partial charge < -0.3 is 10.1 Å². The number of methoxy groups -OCH3 is 1. The second-order valence-corrected chi connectivity index (χ2v) is 6.45. The molecule has 0 saturated heterocycles. The van der Waals surface area contributed by atoms with E-state index in [4.69, 9.17) is 27.9 Å². The molecular weight excluding hydrogens is 333 g/mol. The zero-order chi connectivity index (χ0) is 15.6. The third kappa shape index (κ3) is 3.37. The van der Waals surface area contributed by atoms with Crippen LogP contribution in [0.25, 0.3) is 0 Å². The van der Waals surface area contributed by atoms with Crippen molar-refractivity contribution in [3.63, 3.8) is 0 Å². The van der Waals surface area contributed by atoms with E-state index >= 15 is 0 Å². The van der Waals surface area contributed by atoms with Crippen molar-refractivity contribution in [2.45, 2.75) is 6.92 Å². The number of amides is 1. The van der Waals surface area contributed by atoms with Crippen molar-refractivity contribution in [3.8, 4) is 0 Å². The minimum atomic E-state index is -0.458. The molecule has 0 aliphatic rings. The van der Waals surface area contributed by atoms with Crippen LogP contribution in [0.1, 0.15) is 26.3 Å². The van der Waals surface area contributed by atoms with Crippen molar-refractivity contribution in [2.24, 2.45) is 0 Å². The topological polar surface area (TPSA) is 55.4 Å². The average molecular weight is 344 g/mol. The molecule has 21 heavy (non-hydrogen) atoms. The van der Waals surface area contributed by atoms with Gasteiger partial charge in [-0.1, -0.05) is 29.3 Å². The molecule has 0 spiro atoms. The maximum Gasteiger partial charge on any atom is 0.338 e. The van der Waals surface area contributed by atoms with Crippen LogP contribution in [0.15, 0.2) is 24.3 Å². The molecule has 4 nitrogen and oxygen atoms in total. The average Bonchev–Trinajstić information content (AvgIpc) is 2.79. The SMILES string of the molecule is COC(=O)c1cccc(NC(=O)c2cc(Cl)sc2Cl)c1C. The molecule has 110 valence electrons. The lowest BCUT2D eigenvalue weighted by molar-refractivity contribution is 0.0599. The predicted molar refractivity (Wildman–Crippen MR) is 84.8 cm³/mol. The Morgan fingerprint density at radius 2 is 1.95 bits per heavy atom. The van der Waals surface area contributed by atoms with E-state index in [1.165, 1.54) is 13.2 Å². The summed E-state index contributed by atoms with van der Waals surface area (Å²) in [5.41, 5.74) is 1.83. The molecule has 7 heteroatoms. The van der Waals surface area contributed by atoms with E-state index in [1.807, 2.05) is 0 Å². The lowest BCUT2D eigenvalue weighted by Gasteiger charge is -2.11. The van der Waals surface area contributed by atoms with Gasteiger partial charge in [-0.3, -0.25) is 4.79 Å². The molecular formula is C14H11Cl2NO3S. The number of esters is 1. The highest BCUT2D eigenvalue weighted by atomic mass is 35.5. The maximum atomic E-state index is 12.2. The zero-order valence-corrected chi connectivity index (χ0v) is 13.5. The number of hydrogen-bond acceptors (Lipinski definition) is 4. The summed E-state index contributed by atoms with van der Waals surface area (Å²) in [5.74, 6) is -0.839. The summed E-state index contributed by atoms with van der Waals surface area (Å²) in [4.78, 5) is 23.8. The van der Waals surface area contributed by atoms with Crippen molar-refractivity contribution in [1.29, 1.82) is 0 Å². The van der Waals surface area contributed by atoms with Crippen LogP contribution in [0.4, 0.5) is 5.69 Å². The first-order valence-electron chi connectivity index (χ1n) is 5.88. The molecule has 0 saturated carbocycles. The van der Waals surface area contributed by atoms with Crippen LogP contribution >= 0.6 is 34.5 Å². The standard InChI is InChI=1S/C14H11Cl2NO3S/c1-7-8(14(19)20-2)4-3-5-10(7)17-13(18)9-6-11(15)21-12(9)16/h3-6H,1-2H3,(H,17,18). The molecule has 1 aromatic heterocycles. The number of carbonyl (C=O) groups excluding carboxylic acids is 2. The summed E-state index contributed by atoms with van der Waals surface area (Å²) >= 11 is 12.9. The quantitative estimate of drug-likeness (QED) is 0.840. The van der Waals surface area contributed by atoms with Crippen molar-refractivity contribution in [3.05, 3.63) is 49.6 Å². The number of anilines is 1. The summed E-state index contributed by atoms with van der Waals surface area (Å²) in [6.45, 7) is 1.73. The Morgan fingerprint density at radius 3 is 2.52 bits per heavy atom. The summed E-state index contributed by atoms with van der Waals surface area (Å²) in [7, 11) is 1.31. The molecule has 0 fully saturated rings. The van der Waals surface area contributed by atoms with Crippen LogP contribution in [-0.2, 0) is 4.74 Å². The molecule has 0 aliphatic heterocycles. The highest BCUT2D eigenvalue weighted by molar-refractivity contribution is 7.20. The van der Waals surface area contributed by atoms with Gasteiger partial charge in [0.2, 0.25) is 0 Å². The van der Waals surface area contributed by atoms with Crippen LogP contribution < -0.4 is 5.32 Å². The van der Waals surface area contributed by atoms with Gasteiger partial charge in [-0.2, -0.15) is 0 Å². The molecule has 0 atom stereocenters. The number of carbonyl (C=O) groups is 2. The third-order valence-electron chi connectivity index (χ3n) is 2.89. The Balaban J connectivity index is 2.30. The van der Waals surface area contributed by atoms with E-state index in [2.05, 4.69) is 5.32 Å². The summed E-state index contributed by atoms with van der Waals surface area (Å²) in [5, 5.41) is 2.72. The molecule has 1 heterocycles. The van der Waals surface area contributed by atoms with Gasteiger partial charge in [0.25, 0.3) is 5.91 Å². The number of ether oxygens (including phenoxy) is 1. The number of halogens is 2. The van der Waals surface area contributed by atoms with Crippen LogP contribution in [0, 0.1) is 6.92 Å². The lowest BCUT2D eigenvalue weighted by atomic mass is 10.1. The number of hydrogen-bond donors (Lipinski definition) is 1. The van der Waals surface area contributed by atoms with Crippen LogP contribution in [0.3, 0.4) is 0 Å². The molecule has 1 amide bonds. The third-order valence-corrected chi connectivity index (χ3v) is 4.38. The summed E-state index contributed by atoms with van der Waals surface area (Å²) in [6, 6.07) is 6.49.